The summed E-state index contributed by atoms with van der Waals surface area (Å²) in [5.74, 6) is 1.06. The molecule has 0 spiro atoms. The summed E-state index contributed by atoms with van der Waals surface area (Å²) < 4.78 is 7.12. The van der Waals surface area contributed by atoms with Crippen molar-refractivity contribution in [2.24, 2.45) is 13.0 Å². The summed E-state index contributed by atoms with van der Waals surface area (Å²) in [5.41, 5.74) is 1.95. The normalized spacial score (nSPS) is 11.9. The van der Waals surface area contributed by atoms with Crippen LogP contribution in [0.2, 0.25) is 10.0 Å². The molecule has 2 N–H and O–H groups in total. The van der Waals surface area contributed by atoms with Crippen LogP contribution in [-0.4, -0.2) is 39.4 Å². The van der Waals surface area contributed by atoms with E-state index in [-0.39, 0.29) is 28.5 Å². The topological polar surface area (TPSA) is 98.1 Å². The number of aryl methyl sites for hydroxylation is 1. The van der Waals surface area contributed by atoms with Gasteiger partial charge in [0.15, 0.2) is 11.0 Å². The van der Waals surface area contributed by atoms with E-state index in [1.54, 1.807) is 23.8 Å². The quantitative estimate of drug-likeness (QED) is 0.315. The number of ether oxygens (including phenoxy) is 1. The lowest BCUT2D eigenvalue weighted by Gasteiger charge is -2.20. The summed E-state index contributed by atoms with van der Waals surface area (Å²) in [6.07, 6.45) is 0.640. The van der Waals surface area contributed by atoms with Crippen molar-refractivity contribution in [1.29, 1.82) is 0 Å². The smallest absolute Gasteiger partial charge is 0.253 e. The molecule has 2 aromatic carbocycles. The fraction of sp³-hybridized carbons (Fsp3) is 0.360. The summed E-state index contributed by atoms with van der Waals surface area (Å²) in [6, 6.07) is 9.92. The first-order valence-corrected chi connectivity index (χ1v) is 13.1. The van der Waals surface area contributed by atoms with Crippen molar-refractivity contribution >= 4 is 52.5 Å². The van der Waals surface area contributed by atoms with E-state index in [0.29, 0.717) is 39.4 Å². The number of nitrogens with one attached hydrogen (secondary N) is 2. The highest BCUT2D eigenvalue weighted by molar-refractivity contribution is 7.99. The third-order valence-corrected chi connectivity index (χ3v) is 6.90. The molecule has 1 heterocycles. The van der Waals surface area contributed by atoms with Gasteiger partial charge in [0, 0.05) is 12.1 Å². The Labute approximate surface area is 225 Å². The predicted molar refractivity (Wildman–Crippen MR) is 144 cm³/mol. The van der Waals surface area contributed by atoms with E-state index in [1.807, 2.05) is 32.2 Å². The van der Waals surface area contributed by atoms with Crippen LogP contribution in [0.5, 0.6) is 5.75 Å². The van der Waals surface area contributed by atoms with Crippen LogP contribution in [-0.2, 0) is 11.8 Å². The van der Waals surface area contributed by atoms with Crippen molar-refractivity contribution in [3.8, 4) is 5.75 Å². The average molecular weight is 551 g/mol. The SMILES string of the molecule is COc1ccc(C)cc1NC(=O)CSc1nnc([C@@H](CC(C)C)NC(=O)c2ccc(Cl)cc2Cl)n1C. The van der Waals surface area contributed by atoms with Crippen LogP contribution in [0.4, 0.5) is 5.69 Å². The molecule has 0 aliphatic heterocycles. The number of aromatic nitrogens is 3. The molecule has 36 heavy (non-hydrogen) atoms. The summed E-state index contributed by atoms with van der Waals surface area (Å²) in [5, 5.41) is 15.8. The van der Waals surface area contributed by atoms with E-state index >= 15 is 0 Å². The maximum Gasteiger partial charge on any atom is 0.253 e. The van der Waals surface area contributed by atoms with Crippen LogP contribution in [0.25, 0.3) is 0 Å². The van der Waals surface area contributed by atoms with Crippen molar-refractivity contribution in [1.82, 2.24) is 20.1 Å². The Morgan fingerprint density at radius 3 is 2.56 bits per heavy atom. The van der Waals surface area contributed by atoms with E-state index in [4.69, 9.17) is 27.9 Å². The van der Waals surface area contributed by atoms with E-state index in [0.717, 1.165) is 5.56 Å². The Kier molecular flexibility index (Phi) is 9.64. The second kappa shape index (κ2) is 12.5. The molecule has 2 amide bonds. The number of anilines is 1. The van der Waals surface area contributed by atoms with Crippen molar-refractivity contribution in [2.45, 2.75) is 38.4 Å². The number of halogens is 2. The number of carbonyl (C=O) groups is 2. The number of thioether (sulfide) groups is 1. The maximum atomic E-state index is 13.0. The van der Waals surface area contributed by atoms with Crippen molar-refractivity contribution in [3.63, 3.8) is 0 Å². The zero-order valence-corrected chi connectivity index (χ0v) is 23.1. The molecule has 11 heteroatoms. The summed E-state index contributed by atoms with van der Waals surface area (Å²) >= 11 is 13.4. The van der Waals surface area contributed by atoms with Gasteiger partial charge in [-0.2, -0.15) is 0 Å². The molecular formula is C25H29Cl2N5O3S. The van der Waals surface area contributed by atoms with Gasteiger partial charge in [-0.15, -0.1) is 10.2 Å². The zero-order chi connectivity index (χ0) is 26.4. The molecule has 0 fully saturated rings. The second-order valence-electron chi connectivity index (χ2n) is 8.72. The van der Waals surface area contributed by atoms with E-state index in [9.17, 15) is 9.59 Å². The van der Waals surface area contributed by atoms with Crippen LogP contribution in [0.1, 0.15) is 48.1 Å². The molecule has 1 aromatic heterocycles. The lowest BCUT2D eigenvalue weighted by Crippen LogP contribution is -2.31. The van der Waals surface area contributed by atoms with Gasteiger partial charge >= 0.3 is 0 Å². The van der Waals surface area contributed by atoms with Crippen LogP contribution in [0.15, 0.2) is 41.6 Å². The average Bonchev–Trinajstić information content (AvgIpc) is 3.17. The Morgan fingerprint density at radius 2 is 1.89 bits per heavy atom. The minimum Gasteiger partial charge on any atom is -0.495 e. The molecular weight excluding hydrogens is 521 g/mol. The fourth-order valence-electron chi connectivity index (χ4n) is 3.60. The van der Waals surface area contributed by atoms with Crippen LogP contribution >= 0.6 is 35.0 Å². The van der Waals surface area contributed by atoms with Crippen LogP contribution in [0, 0.1) is 12.8 Å². The number of benzene rings is 2. The highest BCUT2D eigenvalue weighted by Crippen LogP contribution is 2.28. The van der Waals surface area contributed by atoms with E-state index in [1.165, 1.54) is 17.8 Å². The minimum absolute atomic E-state index is 0.130. The van der Waals surface area contributed by atoms with E-state index in [2.05, 4.69) is 34.7 Å². The molecule has 8 nitrogen and oxygen atoms in total. The number of carbonyl (C=O) groups excluding carboxylic acids is 2. The fourth-order valence-corrected chi connectivity index (χ4v) is 4.81. The van der Waals surface area contributed by atoms with Crippen LogP contribution < -0.4 is 15.4 Å². The third-order valence-electron chi connectivity index (χ3n) is 5.33. The van der Waals surface area contributed by atoms with Gasteiger partial charge in [-0.1, -0.05) is 54.9 Å². The zero-order valence-electron chi connectivity index (χ0n) is 20.8. The molecule has 0 saturated heterocycles. The molecule has 0 radical (unpaired) electrons. The molecule has 0 aliphatic carbocycles. The molecule has 0 saturated carbocycles. The monoisotopic (exact) mass is 549 g/mol. The Hall–Kier alpha value is -2.75. The number of amides is 2. The lowest BCUT2D eigenvalue weighted by molar-refractivity contribution is -0.113. The van der Waals surface area contributed by atoms with E-state index < -0.39 is 6.04 Å². The van der Waals surface area contributed by atoms with Gasteiger partial charge < -0.3 is 19.9 Å². The standard InChI is InChI=1S/C25H29Cl2N5O3S/c1-14(2)10-20(29-24(34)17-8-7-16(26)12-18(17)27)23-30-31-25(32(23)4)36-13-22(33)28-19-11-15(3)6-9-21(19)35-5/h6-9,11-12,14,20H,10,13H2,1-5H3,(H,28,33)(H,29,34)/t20-/m1/s1. The Bertz CT molecular complexity index is 1250. The molecule has 192 valence electrons. The summed E-state index contributed by atoms with van der Waals surface area (Å²) in [7, 11) is 3.37. The second-order valence-corrected chi connectivity index (χ2v) is 10.5. The van der Waals surface area contributed by atoms with Crippen molar-refractivity contribution in [3.05, 3.63) is 63.4 Å². The first-order valence-electron chi connectivity index (χ1n) is 11.3. The van der Waals surface area contributed by atoms with Crippen molar-refractivity contribution < 1.29 is 14.3 Å². The number of hydrogen-bond acceptors (Lipinski definition) is 6. The number of methoxy groups -OCH3 is 1. The predicted octanol–water partition coefficient (Wildman–Crippen LogP) is 5.69. The van der Waals surface area contributed by atoms with Gasteiger partial charge in [0.2, 0.25) is 5.91 Å². The molecule has 0 unspecified atom stereocenters. The molecule has 3 aromatic rings. The maximum absolute atomic E-state index is 13.0. The number of rotatable bonds is 10. The highest BCUT2D eigenvalue weighted by Gasteiger charge is 2.24. The van der Waals surface area contributed by atoms with Gasteiger partial charge in [-0.25, -0.2) is 0 Å². The largest absolute Gasteiger partial charge is 0.495 e. The first-order chi connectivity index (χ1) is 17.1. The Morgan fingerprint density at radius 1 is 1.14 bits per heavy atom. The Balaban J connectivity index is 1.71. The first kappa shape index (κ1) is 27.8. The molecule has 1 atom stereocenters. The van der Waals surface area contributed by atoms with Gasteiger partial charge in [-0.05, 0) is 55.2 Å². The lowest BCUT2D eigenvalue weighted by atomic mass is 10.0. The van der Waals surface area contributed by atoms with Crippen molar-refractivity contribution in [2.75, 3.05) is 18.2 Å². The number of nitrogens with zero attached hydrogens (tertiary/aromatic N) is 3. The highest BCUT2D eigenvalue weighted by atomic mass is 35.5. The summed E-state index contributed by atoms with van der Waals surface area (Å²) in [6.45, 7) is 6.06. The van der Waals surface area contributed by atoms with Gasteiger partial charge in [0.05, 0.1) is 35.2 Å². The molecule has 0 aliphatic rings. The molecule has 3 rings (SSSR count). The third kappa shape index (κ3) is 7.15. The van der Waals surface area contributed by atoms with Gasteiger partial charge in [0.25, 0.3) is 5.91 Å². The molecule has 0 bridgehead atoms. The van der Waals surface area contributed by atoms with Gasteiger partial charge in [0.1, 0.15) is 5.75 Å². The number of hydrogen-bond donors (Lipinski definition) is 2. The summed E-state index contributed by atoms with van der Waals surface area (Å²) in [4.78, 5) is 25.6. The van der Waals surface area contributed by atoms with Gasteiger partial charge in [-0.3, -0.25) is 9.59 Å². The minimum atomic E-state index is -0.401. The van der Waals surface area contributed by atoms with Crippen LogP contribution in [0.3, 0.4) is 0 Å².